The third-order valence-corrected chi connectivity index (χ3v) is 3.85. The van der Waals surface area contributed by atoms with Crippen LogP contribution in [0.4, 0.5) is 10.9 Å². The Morgan fingerprint density at radius 2 is 2.09 bits per heavy atom. The van der Waals surface area contributed by atoms with E-state index in [9.17, 15) is 14.9 Å². The number of amides is 1. The minimum Gasteiger partial charge on any atom is -0.358 e. The maximum Gasteiger partial charge on any atom is 0.364 e. The van der Waals surface area contributed by atoms with E-state index >= 15 is 0 Å². The average molecular weight is 314 g/mol. The lowest BCUT2D eigenvalue weighted by molar-refractivity contribution is -0.389. The summed E-state index contributed by atoms with van der Waals surface area (Å²) in [5.74, 6) is -0.896. The molecular formula is C14H10N4O3S. The summed E-state index contributed by atoms with van der Waals surface area (Å²) in [5.41, 5.74) is 1.87. The molecule has 0 aliphatic rings. The van der Waals surface area contributed by atoms with Crippen LogP contribution >= 0.6 is 11.3 Å². The fourth-order valence-electron chi connectivity index (χ4n) is 1.90. The molecule has 3 rings (SSSR count). The summed E-state index contributed by atoms with van der Waals surface area (Å²) in [6.45, 7) is 1.98. The summed E-state index contributed by atoms with van der Waals surface area (Å²) in [4.78, 5) is 30.1. The van der Waals surface area contributed by atoms with Gasteiger partial charge in [0.15, 0.2) is 5.13 Å². The third kappa shape index (κ3) is 2.77. The number of hydrogen-bond donors (Lipinski definition) is 1. The molecule has 8 heteroatoms. The first-order valence-electron chi connectivity index (χ1n) is 6.33. The van der Waals surface area contributed by atoms with Crippen LogP contribution in [-0.4, -0.2) is 20.8 Å². The molecule has 1 aromatic carbocycles. The molecule has 2 aromatic heterocycles. The number of anilines is 1. The Morgan fingerprint density at radius 1 is 1.27 bits per heavy atom. The number of pyridine rings is 1. The van der Waals surface area contributed by atoms with Gasteiger partial charge in [0.25, 0.3) is 0 Å². The van der Waals surface area contributed by atoms with Crippen molar-refractivity contribution in [3.05, 3.63) is 57.8 Å². The first-order valence-corrected chi connectivity index (χ1v) is 7.14. The van der Waals surface area contributed by atoms with Crippen molar-refractivity contribution in [2.45, 2.75) is 6.92 Å². The number of rotatable bonds is 3. The smallest absolute Gasteiger partial charge is 0.358 e. The van der Waals surface area contributed by atoms with E-state index in [1.165, 1.54) is 29.5 Å². The van der Waals surface area contributed by atoms with E-state index < -0.39 is 10.8 Å². The second-order valence-electron chi connectivity index (χ2n) is 4.58. The zero-order valence-corrected chi connectivity index (χ0v) is 12.3. The third-order valence-electron chi connectivity index (χ3n) is 2.92. The molecule has 0 fully saturated rings. The van der Waals surface area contributed by atoms with Gasteiger partial charge in [-0.05, 0) is 46.7 Å². The number of carbonyl (C=O) groups is 1. The quantitative estimate of drug-likeness (QED) is 0.591. The predicted molar refractivity (Wildman–Crippen MR) is 83.2 cm³/mol. The van der Waals surface area contributed by atoms with Crippen LogP contribution < -0.4 is 5.32 Å². The first kappa shape index (κ1) is 14.1. The molecule has 3 aromatic rings. The average Bonchev–Trinajstić information content (AvgIpc) is 2.88. The van der Waals surface area contributed by atoms with E-state index in [1.807, 2.05) is 25.1 Å². The number of benzene rings is 1. The number of thiazole rings is 1. The molecule has 0 spiro atoms. The van der Waals surface area contributed by atoms with Crippen LogP contribution in [0.1, 0.15) is 16.1 Å². The van der Waals surface area contributed by atoms with Gasteiger partial charge in [0, 0.05) is 6.07 Å². The molecule has 0 aliphatic carbocycles. The highest BCUT2D eigenvalue weighted by molar-refractivity contribution is 7.22. The number of nitrogens with one attached hydrogen (secondary N) is 1. The number of fused-ring (bicyclic) bond motifs is 1. The summed E-state index contributed by atoms with van der Waals surface area (Å²) in [5, 5.41) is 13.7. The van der Waals surface area contributed by atoms with Gasteiger partial charge in [-0.15, -0.1) is 0 Å². The number of aryl methyl sites for hydroxylation is 1. The molecule has 1 amide bonds. The lowest BCUT2D eigenvalue weighted by Crippen LogP contribution is -2.13. The Kier molecular flexibility index (Phi) is 3.51. The second kappa shape index (κ2) is 5.49. The molecule has 0 radical (unpaired) electrons. The lowest BCUT2D eigenvalue weighted by Gasteiger charge is -1.97. The van der Waals surface area contributed by atoms with Gasteiger partial charge in [0.2, 0.25) is 5.69 Å². The van der Waals surface area contributed by atoms with Crippen molar-refractivity contribution in [1.29, 1.82) is 0 Å². The van der Waals surface area contributed by atoms with Crippen molar-refractivity contribution >= 4 is 38.4 Å². The monoisotopic (exact) mass is 314 g/mol. The predicted octanol–water partition coefficient (Wildman–Crippen LogP) is 3.16. The van der Waals surface area contributed by atoms with E-state index in [0.717, 1.165) is 15.8 Å². The summed E-state index contributed by atoms with van der Waals surface area (Å²) in [6.07, 6.45) is 0. The SMILES string of the molecule is Cc1ccc2nc(NC(=O)c3cccc([N+](=O)[O-])n3)sc2c1. The molecular weight excluding hydrogens is 304 g/mol. The fourth-order valence-corrected chi connectivity index (χ4v) is 2.86. The summed E-state index contributed by atoms with van der Waals surface area (Å²) in [6, 6.07) is 9.87. The zero-order chi connectivity index (χ0) is 15.7. The minimum absolute atomic E-state index is 0.0235. The maximum atomic E-state index is 12.1. The van der Waals surface area contributed by atoms with Crippen molar-refractivity contribution in [2.75, 3.05) is 5.32 Å². The van der Waals surface area contributed by atoms with Crippen LogP contribution in [0.2, 0.25) is 0 Å². The highest BCUT2D eigenvalue weighted by Gasteiger charge is 2.18. The standard InChI is InChI=1S/C14H10N4O3S/c1-8-5-6-9-11(7-8)22-14(16-9)17-13(19)10-3-2-4-12(15-10)18(20)21/h2-7H,1H3,(H,16,17,19). The molecule has 0 saturated heterocycles. The molecule has 0 unspecified atom stereocenters. The van der Waals surface area contributed by atoms with E-state index in [2.05, 4.69) is 15.3 Å². The number of hydrogen-bond acceptors (Lipinski definition) is 6. The number of carbonyl (C=O) groups excluding carboxylic acids is 1. The van der Waals surface area contributed by atoms with E-state index in [0.29, 0.717) is 5.13 Å². The largest absolute Gasteiger partial charge is 0.364 e. The van der Waals surface area contributed by atoms with E-state index in [-0.39, 0.29) is 11.5 Å². The van der Waals surface area contributed by atoms with Crippen LogP contribution in [0.15, 0.2) is 36.4 Å². The van der Waals surface area contributed by atoms with Crippen molar-refractivity contribution in [2.24, 2.45) is 0 Å². The van der Waals surface area contributed by atoms with Gasteiger partial charge >= 0.3 is 11.7 Å². The van der Waals surface area contributed by atoms with Gasteiger partial charge in [0.05, 0.1) is 10.2 Å². The van der Waals surface area contributed by atoms with Crippen molar-refractivity contribution in [3.8, 4) is 0 Å². The molecule has 0 aliphatic heterocycles. The Bertz CT molecular complexity index is 891. The number of nitro groups is 1. The first-order chi connectivity index (χ1) is 10.5. The Hall–Kier alpha value is -2.87. The summed E-state index contributed by atoms with van der Waals surface area (Å²) >= 11 is 1.34. The number of aromatic nitrogens is 2. The number of nitrogens with zero attached hydrogens (tertiary/aromatic N) is 3. The molecule has 0 saturated carbocycles. The van der Waals surface area contributed by atoms with Crippen LogP contribution in [0.3, 0.4) is 0 Å². The molecule has 22 heavy (non-hydrogen) atoms. The Balaban J connectivity index is 1.86. The van der Waals surface area contributed by atoms with Crippen LogP contribution in [0.5, 0.6) is 0 Å². The van der Waals surface area contributed by atoms with Crippen molar-refractivity contribution in [1.82, 2.24) is 9.97 Å². The minimum atomic E-state index is -0.642. The normalized spacial score (nSPS) is 10.6. The molecule has 7 nitrogen and oxygen atoms in total. The highest BCUT2D eigenvalue weighted by Crippen LogP contribution is 2.27. The summed E-state index contributed by atoms with van der Waals surface area (Å²) < 4.78 is 0.960. The van der Waals surface area contributed by atoms with Gasteiger partial charge in [0.1, 0.15) is 0 Å². The molecule has 0 bridgehead atoms. The van der Waals surface area contributed by atoms with Crippen LogP contribution in [-0.2, 0) is 0 Å². The van der Waals surface area contributed by atoms with Crippen molar-refractivity contribution < 1.29 is 9.72 Å². The summed E-state index contributed by atoms with van der Waals surface area (Å²) in [7, 11) is 0. The van der Waals surface area contributed by atoms with Crippen molar-refractivity contribution in [3.63, 3.8) is 0 Å². The van der Waals surface area contributed by atoms with E-state index in [1.54, 1.807) is 0 Å². The molecule has 110 valence electrons. The maximum absolute atomic E-state index is 12.1. The van der Waals surface area contributed by atoms with Gasteiger partial charge in [-0.25, -0.2) is 4.98 Å². The zero-order valence-electron chi connectivity index (χ0n) is 11.4. The van der Waals surface area contributed by atoms with Gasteiger partial charge in [-0.1, -0.05) is 17.4 Å². The van der Waals surface area contributed by atoms with Gasteiger partial charge in [-0.3, -0.25) is 10.1 Å². The highest BCUT2D eigenvalue weighted by atomic mass is 32.1. The van der Waals surface area contributed by atoms with Crippen LogP contribution in [0, 0.1) is 17.0 Å². The van der Waals surface area contributed by atoms with Crippen LogP contribution in [0.25, 0.3) is 10.2 Å². The van der Waals surface area contributed by atoms with Gasteiger partial charge in [-0.2, -0.15) is 0 Å². The topological polar surface area (TPSA) is 98.0 Å². The molecule has 1 N–H and O–H groups in total. The second-order valence-corrected chi connectivity index (χ2v) is 5.61. The van der Waals surface area contributed by atoms with E-state index in [4.69, 9.17) is 0 Å². The Labute approximate surface area is 128 Å². The Morgan fingerprint density at radius 3 is 2.86 bits per heavy atom. The fraction of sp³-hybridized carbons (Fsp3) is 0.0714. The molecule has 0 atom stereocenters. The molecule has 2 heterocycles. The van der Waals surface area contributed by atoms with Gasteiger partial charge < -0.3 is 10.1 Å². The lowest BCUT2D eigenvalue weighted by atomic mass is 10.2.